The lowest BCUT2D eigenvalue weighted by molar-refractivity contribution is -0.139. The number of hydrogen-bond acceptors (Lipinski definition) is 4. The van der Waals surface area contributed by atoms with E-state index in [0.29, 0.717) is 36.8 Å². The molecule has 1 aliphatic rings. The van der Waals surface area contributed by atoms with Crippen LogP contribution in [0.2, 0.25) is 0 Å². The smallest absolute Gasteiger partial charge is 0.368 e. The average molecular weight is 441 g/mol. The number of nitrogens with zero attached hydrogens (tertiary/aromatic N) is 3. The number of aromatic nitrogens is 2. The zero-order valence-corrected chi connectivity index (χ0v) is 17.3. The third-order valence-corrected chi connectivity index (χ3v) is 5.33. The van der Waals surface area contributed by atoms with Gasteiger partial charge in [-0.3, -0.25) is 14.8 Å². The van der Waals surface area contributed by atoms with Crippen LogP contribution in [0.25, 0.3) is 0 Å². The Labute approximate surface area is 183 Å². The number of alkyl halides is 3. The fourth-order valence-electron chi connectivity index (χ4n) is 3.75. The third kappa shape index (κ3) is 5.31. The summed E-state index contributed by atoms with van der Waals surface area (Å²) >= 11 is 0. The Balaban J connectivity index is 1.47. The molecule has 3 aromatic rings. The van der Waals surface area contributed by atoms with Gasteiger partial charge in [0.2, 0.25) is 5.91 Å². The molecule has 166 valence electrons. The van der Waals surface area contributed by atoms with Crippen LogP contribution in [-0.2, 0) is 28.5 Å². The molecule has 0 saturated carbocycles. The van der Waals surface area contributed by atoms with Gasteiger partial charge in [-0.05, 0) is 35.9 Å². The molecule has 0 spiro atoms. The maximum Gasteiger partial charge on any atom is 0.416 e. The number of benzene rings is 1. The molecule has 4 rings (SSSR count). The van der Waals surface area contributed by atoms with Crippen molar-refractivity contribution in [1.29, 1.82) is 0 Å². The van der Waals surface area contributed by atoms with E-state index >= 15 is 0 Å². The van der Waals surface area contributed by atoms with Crippen LogP contribution < -0.4 is 0 Å². The molecule has 0 aliphatic carbocycles. The van der Waals surface area contributed by atoms with Gasteiger partial charge < -0.3 is 9.64 Å². The SMILES string of the molecule is O=C(Cc1ccccn1)N1CCO[C@@H](c2cccc(Cc3ccccc3C(F)(F)F)n2)C1. The van der Waals surface area contributed by atoms with E-state index in [0.717, 1.165) is 6.07 Å². The van der Waals surface area contributed by atoms with E-state index < -0.39 is 17.8 Å². The summed E-state index contributed by atoms with van der Waals surface area (Å²) in [7, 11) is 0. The zero-order chi connectivity index (χ0) is 22.6. The van der Waals surface area contributed by atoms with Gasteiger partial charge in [-0.2, -0.15) is 13.2 Å². The Morgan fingerprint density at radius 1 is 1.03 bits per heavy atom. The summed E-state index contributed by atoms with van der Waals surface area (Å²) in [5.74, 6) is -0.0488. The average Bonchev–Trinajstić information content (AvgIpc) is 2.80. The van der Waals surface area contributed by atoms with Crippen LogP contribution in [0.4, 0.5) is 13.2 Å². The highest BCUT2D eigenvalue weighted by molar-refractivity contribution is 5.78. The second-order valence-electron chi connectivity index (χ2n) is 7.58. The Bertz CT molecular complexity index is 1070. The molecule has 2 aromatic heterocycles. The van der Waals surface area contributed by atoms with Crippen molar-refractivity contribution >= 4 is 5.91 Å². The van der Waals surface area contributed by atoms with Crippen LogP contribution in [0.15, 0.2) is 66.9 Å². The van der Waals surface area contributed by atoms with Crippen molar-refractivity contribution < 1.29 is 22.7 Å². The molecule has 1 amide bonds. The highest BCUT2D eigenvalue weighted by Crippen LogP contribution is 2.33. The van der Waals surface area contributed by atoms with Crippen LogP contribution >= 0.6 is 0 Å². The lowest BCUT2D eigenvalue weighted by atomic mass is 10.0. The van der Waals surface area contributed by atoms with Crippen LogP contribution in [0, 0.1) is 0 Å². The number of carbonyl (C=O) groups is 1. The van der Waals surface area contributed by atoms with Gasteiger partial charge in [0.05, 0.1) is 30.8 Å². The van der Waals surface area contributed by atoms with Crippen LogP contribution in [0.3, 0.4) is 0 Å². The number of rotatable bonds is 5. The van der Waals surface area contributed by atoms with E-state index in [1.54, 1.807) is 47.5 Å². The van der Waals surface area contributed by atoms with Gasteiger partial charge in [-0.15, -0.1) is 0 Å². The van der Waals surface area contributed by atoms with Crippen molar-refractivity contribution in [1.82, 2.24) is 14.9 Å². The Kier molecular flexibility index (Phi) is 6.50. The molecule has 8 heteroatoms. The molecule has 0 unspecified atom stereocenters. The first-order chi connectivity index (χ1) is 15.4. The summed E-state index contributed by atoms with van der Waals surface area (Å²) in [5, 5.41) is 0. The standard InChI is InChI=1S/C24H22F3N3O2/c25-24(26,27)20-9-2-1-6-17(20)14-19-8-5-10-21(29-19)22-16-30(12-13-32-22)23(31)15-18-7-3-4-11-28-18/h1-11,22H,12-16H2/t22-/m1/s1. The number of morpholine rings is 1. The Morgan fingerprint density at radius 3 is 2.59 bits per heavy atom. The second kappa shape index (κ2) is 9.48. The van der Waals surface area contributed by atoms with E-state index in [4.69, 9.17) is 4.74 Å². The fourth-order valence-corrected chi connectivity index (χ4v) is 3.75. The first-order valence-corrected chi connectivity index (χ1v) is 10.3. The molecule has 0 radical (unpaired) electrons. The summed E-state index contributed by atoms with van der Waals surface area (Å²) in [4.78, 5) is 23.2. The first-order valence-electron chi connectivity index (χ1n) is 10.3. The van der Waals surface area contributed by atoms with Gasteiger partial charge in [0.25, 0.3) is 0 Å². The molecular formula is C24H22F3N3O2. The van der Waals surface area contributed by atoms with Gasteiger partial charge >= 0.3 is 6.18 Å². The van der Waals surface area contributed by atoms with Crippen molar-refractivity contribution in [2.75, 3.05) is 19.7 Å². The van der Waals surface area contributed by atoms with Gasteiger partial charge in [-0.1, -0.05) is 30.3 Å². The summed E-state index contributed by atoms with van der Waals surface area (Å²) in [6, 6.07) is 16.2. The monoisotopic (exact) mass is 441 g/mol. The number of hydrogen-bond donors (Lipinski definition) is 0. The number of amides is 1. The Morgan fingerprint density at radius 2 is 1.81 bits per heavy atom. The van der Waals surface area contributed by atoms with E-state index in [9.17, 15) is 18.0 Å². The summed E-state index contributed by atoms with van der Waals surface area (Å²) < 4.78 is 45.8. The van der Waals surface area contributed by atoms with Crippen LogP contribution in [-0.4, -0.2) is 40.5 Å². The van der Waals surface area contributed by atoms with E-state index in [-0.39, 0.29) is 24.3 Å². The maximum absolute atomic E-state index is 13.3. The highest BCUT2D eigenvalue weighted by atomic mass is 19.4. The van der Waals surface area contributed by atoms with Crippen molar-refractivity contribution in [2.24, 2.45) is 0 Å². The number of halogens is 3. The molecular weight excluding hydrogens is 419 g/mol. The number of ether oxygens (including phenoxy) is 1. The maximum atomic E-state index is 13.3. The topological polar surface area (TPSA) is 55.3 Å². The number of carbonyl (C=O) groups excluding carboxylic acids is 1. The summed E-state index contributed by atoms with van der Waals surface area (Å²) in [6.07, 6.45) is -2.95. The predicted octanol–water partition coefficient (Wildman–Crippen LogP) is 4.23. The number of pyridine rings is 2. The lowest BCUT2D eigenvalue weighted by Gasteiger charge is -2.33. The molecule has 5 nitrogen and oxygen atoms in total. The molecule has 1 atom stereocenters. The van der Waals surface area contributed by atoms with Crippen molar-refractivity contribution in [2.45, 2.75) is 25.1 Å². The van der Waals surface area contributed by atoms with Crippen molar-refractivity contribution in [3.05, 3.63) is 95.1 Å². The van der Waals surface area contributed by atoms with E-state index in [1.165, 1.54) is 12.1 Å². The van der Waals surface area contributed by atoms with Crippen molar-refractivity contribution in [3.63, 3.8) is 0 Å². The van der Waals surface area contributed by atoms with Crippen LogP contribution in [0.5, 0.6) is 0 Å². The van der Waals surface area contributed by atoms with Crippen molar-refractivity contribution in [3.8, 4) is 0 Å². The largest absolute Gasteiger partial charge is 0.416 e. The molecule has 0 bridgehead atoms. The summed E-state index contributed by atoms with van der Waals surface area (Å²) in [5.41, 5.74) is 1.32. The molecule has 32 heavy (non-hydrogen) atoms. The minimum atomic E-state index is -4.42. The van der Waals surface area contributed by atoms with Gasteiger partial charge in [-0.25, -0.2) is 0 Å². The fraction of sp³-hybridized carbons (Fsp3) is 0.292. The minimum absolute atomic E-state index is 0.0488. The second-order valence-corrected chi connectivity index (χ2v) is 7.58. The molecule has 1 fully saturated rings. The first kappa shape index (κ1) is 22.0. The molecule has 3 heterocycles. The summed E-state index contributed by atoms with van der Waals surface area (Å²) in [6.45, 7) is 1.17. The van der Waals surface area contributed by atoms with Gasteiger partial charge in [0, 0.05) is 30.6 Å². The molecule has 1 aliphatic heterocycles. The molecule has 1 aromatic carbocycles. The lowest BCUT2D eigenvalue weighted by Crippen LogP contribution is -2.43. The van der Waals surface area contributed by atoms with E-state index in [1.807, 2.05) is 6.07 Å². The van der Waals surface area contributed by atoms with Crippen LogP contribution in [0.1, 0.15) is 34.3 Å². The Hall–Kier alpha value is -3.26. The molecule has 0 N–H and O–H groups in total. The predicted molar refractivity (Wildman–Crippen MR) is 112 cm³/mol. The van der Waals surface area contributed by atoms with Gasteiger partial charge in [0.15, 0.2) is 0 Å². The minimum Gasteiger partial charge on any atom is -0.368 e. The van der Waals surface area contributed by atoms with E-state index in [2.05, 4.69) is 9.97 Å². The quantitative estimate of drug-likeness (QED) is 0.595. The van der Waals surface area contributed by atoms with Gasteiger partial charge in [0.1, 0.15) is 6.10 Å². The zero-order valence-electron chi connectivity index (χ0n) is 17.3. The highest BCUT2D eigenvalue weighted by Gasteiger charge is 2.33. The molecule has 1 saturated heterocycles. The normalized spacial score (nSPS) is 16.7. The third-order valence-electron chi connectivity index (χ3n) is 5.33.